The van der Waals surface area contributed by atoms with E-state index in [2.05, 4.69) is 5.10 Å². The van der Waals surface area contributed by atoms with Gasteiger partial charge in [-0.2, -0.15) is 5.10 Å². The Bertz CT molecular complexity index is 654. The van der Waals surface area contributed by atoms with E-state index >= 15 is 0 Å². The van der Waals surface area contributed by atoms with Gasteiger partial charge >= 0.3 is 0 Å². The van der Waals surface area contributed by atoms with Crippen LogP contribution in [0.1, 0.15) is 15.9 Å². The lowest BCUT2D eigenvalue weighted by Crippen LogP contribution is -2.27. The van der Waals surface area contributed by atoms with E-state index in [9.17, 15) is 13.6 Å². The predicted molar refractivity (Wildman–Crippen MR) is 69.8 cm³/mol. The van der Waals surface area contributed by atoms with Gasteiger partial charge in [-0.3, -0.25) is 9.48 Å². The van der Waals surface area contributed by atoms with E-state index in [1.54, 1.807) is 24.1 Å². The fourth-order valence-corrected chi connectivity index (χ4v) is 1.83. The highest BCUT2D eigenvalue weighted by atomic mass is 19.1. The number of amides is 1. The number of nitrogens with two attached hydrogens (primary N) is 1. The third-order valence-corrected chi connectivity index (χ3v) is 2.84. The van der Waals surface area contributed by atoms with E-state index in [0.717, 1.165) is 11.6 Å². The normalized spacial score (nSPS) is 10.6. The Labute approximate surface area is 114 Å². The van der Waals surface area contributed by atoms with E-state index in [4.69, 9.17) is 5.73 Å². The summed E-state index contributed by atoms with van der Waals surface area (Å²) in [7, 11) is 3.28. The third kappa shape index (κ3) is 2.76. The van der Waals surface area contributed by atoms with Crippen molar-refractivity contribution in [2.45, 2.75) is 6.54 Å². The molecule has 2 aromatic rings. The van der Waals surface area contributed by atoms with Gasteiger partial charge in [0.1, 0.15) is 11.6 Å². The number of aryl methyl sites for hydroxylation is 1. The van der Waals surface area contributed by atoms with Crippen molar-refractivity contribution in [3.05, 3.63) is 47.3 Å². The van der Waals surface area contributed by atoms with E-state index in [1.165, 1.54) is 11.9 Å². The lowest BCUT2D eigenvalue weighted by atomic mass is 10.1. The molecule has 0 saturated carbocycles. The van der Waals surface area contributed by atoms with Crippen LogP contribution in [-0.4, -0.2) is 27.6 Å². The largest absolute Gasteiger partial charge is 0.396 e. The van der Waals surface area contributed by atoms with Crippen LogP contribution in [0.15, 0.2) is 24.5 Å². The van der Waals surface area contributed by atoms with Crippen molar-refractivity contribution in [3.8, 4) is 0 Å². The summed E-state index contributed by atoms with van der Waals surface area (Å²) in [6, 6.07) is 1.62. The van der Waals surface area contributed by atoms with E-state index in [1.807, 2.05) is 0 Å². The van der Waals surface area contributed by atoms with Crippen LogP contribution < -0.4 is 5.73 Å². The number of aromatic nitrogens is 2. The fourth-order valence-electron chi connectivity index (χ4n) is 1.83. The molecule has 1 aromatic carbocycles. The van der Waals surface area contributed by atoms with Crippen molar-refractivity contribution < 1.29 is 13.6 Å². The molecule has 0 bridgehead atoms. The SMILES string of the molecule is CN(Cc1cnn(C)c1)C(=O)c1cc(N)c(F)cc1F. The maximum absolute atomic E-state index is 13.6. The number of carbonyl (C=O) groups is 1. The summed E-state index contributed by atoms with van der Waals surface area (Å²) in [6.07, 6.45) is 3.36. The average molecular weight is 280 g/mol. The molecule has 0 fully saturated rings. The summed E-state index contributed by atoms with van der Waals surface area (Å²) >= 11 is 0. The highest BCUT2D eigenvalue weighted by Gasteiger charge is 2.19. The van der Waals surface area contributed by atoms with Gasteiger partial charge in [-0.05, 0) is 6.07 Å². The maximum atomic E-state index is 13.6. The average Bonchev–Trinajstić information content (AvgIpc) is 2.78. The first-order valence-corrected chi connectivity index (χ1v) is 5.86. The van der Waals surface area contributed by atoms with Crippen LogP contribution >= 0.6 is 0 Å². The molecule has 5 nitrogen and oxygen atoms in total. The first kappa shape index (κ1) is 14.0. The van der Waals surface area contributed by atoms with Crippen LogP contribution in [0.25, 0.3) is 0 Å². The number of rotatable bonds is 3. The molecule has 0 aliphatic carbocycles. The maximum Gasteiger partial charge on any atom is 0.256 e. The van der Waals surface area contributed by atoms with Crippen LogP contribution in [0.4, 0.5) is 14.5 Å². The first-order chi connectivity index (χ1) is 9.38. The minimum atomic E-state index is -0.931. The van der Waals surface area contributed by atoms with Gasteiger partial charge in [-0.25, -0.2) is 8.78 Å². The quantitative estimate of drug-likeness (QED) is 0.868. The standard InChI is InChI=1S/C13H14F2N4O/c1-18(6-8-5-17-19(2)7-8)13(20)9-3-12(16)11(15)4-10(9)14/h3-5,7H,6,16H2,1-2H3. The Morgan fingerprint density at radius 1 is 1.40 bits per heavy atom. The molecule has 2 N–H and O–H groups in total. The van der Waals surface area contributed by atoms with Gasteiger partial charge in [-0.15, -0.1) is 0 Å². The summed E-state index contributed by atoms with van der Waals surface area (Å²) in [5, 5.41) is 3.98. The van der Waals surface area contributed by atoms with E-state index in [-0.39, 0.29) is 17.8 Å². The lowest BCUT2D eigenvalue weighted by molar-refractivity contribution is 0.0780. The molecule has 0 radical (unpaired) electrons. The molecular formula is C13H14F2N4O. The van der Waals surface area contributed by atoms with Crippen molar-refractivity contribution in [1.29, 1.82) is 0 Å². The van der Waals surface area contributed by atoms with Gasteiger partial charge in [0.15, 0.2) is 0 Å². The molecule has 20 heavy (non-hydrogen) atoms. The summed E-state index contributed by atoms with van der Waals surface area (Å²) in [5.41, 5.74) is 5.65. The number of nitrogens with zero attached hydrogens (tertiary/aromatic N) is 3. The van der Waals surface area contributed by atoms with E-state index in [0.29, 0.717) is 6.07 Å². The van der Waals surface area contributed by atoms with Crippen LogP contribution in [0.2, 0.25) is 0 Å². The Hall–Kier alpha value is -2.44. The molecule has 2 rings (SSSR count). The van der Waals surface area contributed by atoms with Crippen molar-refractivity contribution >= 4 is 11.6 Å². The Morgan fingerprint density at radius 2 is 2.10 bits per heavy atom. The Kier molecular flexibility index (Phi) is 3.69. The zero-order valence-corrected chi connectivity index (χ0v) is 11.1. The summed E-state index contributed by atoms with van der Waals surface area (Å²) in [6.45, 7) is 0.267. The molecule has 1 aromatic heterocycles. The second-order valence-electron chi connectivity index (χ2n) is 4.54. The number of hydrogen-bond acceptors (Lipinski definition) is 3. The molecule has 0 spiro atoms. The van der Waals surface area contributed by atoms with Gasteiger partial charge in [0.2, 0.25) is 0 Å². The Morgan fingerprint density at radius 3 is 2.70 bits per heavy atom. The zero-order chi connectivity index (χ0) is 14.9. The monoisotopic (exact) mass is 280 g/mol. The summed E-state index contributed by atoms with van der Waals surface area (Å²) in [5.74, 6) is -2.38. The smallest absolute Gasteiger partial charge is 0.256 e. The fraction of sp³-hybridized carbons (Fsp3) is 0.231. The third-order valence-electron chi connectivity index (χ3n) is 2.84. The van der Waals surface area contributed by atoms with Gasteiger partial charge in [0.05, 0.1) is 17.4 Å². The van der Waals surface area contributed by atoms with Crippen molar-refractivity contribution in [2.24, 2.45) is 7.05 Å². The highest BCUT2D eigenvalue weighted by Crippen LogP contribution is 2.18. The van der Waals surface area contributed by atoms with Crippen molar-refractivity contribution in [2.75, 3.05) is 12.8 Å². The molecule has 1 amide bonds. The number of halogens is 2. The van der Waals surface area contributed by atoms with Gasteiger partial charge < -0.3 is 10.6 Å². The topological polar surface area (TPSA) is 64.2 Å². The first-order valence-electron chi connectivity index (χ1n) is 5.86. The predicted octanol–water partition coefficient (Wildman–Crippen LogP) is 1.55. The van der Waals surface area contributed by atoms with Crippen LogP contribution in [-0.2, 0) is 13.6 Å². The molecule has 0 atom stereocenters. The van der Waals surface area contributed by atoms with Crippen molar-refractivity contribution in [1.82, 2.24) is 14.7 Å². The molecule has 106 valence electrons. The van der Waals surface area contributed by atoms with Crippen molar-refractivity contribution in [3.63, 3.8) is 0 Å². The second-order valence-corrected chi connectivity index (χ2v) is 4.54. The van der Waals surface area contributed by atoms with Crippen LogP contribution in [0, 0.1) is 11.6 Å². The molecule has 1 heterocycles. The highest BCUT2D eigenvalue weighted by molar-refractivity contribution is 5.95. The lowest BCUT2D eigenvalue weighted by Gasteiger charge is -2.17. The molecule has 0 saturated heterocycles. The summed E-state index contributed by atoms with van der Waals surface area (Å²) in [4.78, 5) is 13.4. The van der Waals surface area contributed by atoms with E-state index < -0.39 is 17.5 Å². The minimum Gasteiger partial charge on any atom is -0.396 e. The van der Waals surface area contributed by atoms with Crippen LogP contribution in [0.5, 0.6) is 0 Å². The zero-order valence-electron chi connectivity index (χ0n) is 11.1. The molecule has 0 unspecified atom stereocenters. The number of carbonyl (C=O) groups excluding carboxylic acids is 1. The second kappa shape index (κ2) is 5.28. The van der Waals surface area contributed by atoms with Gasteiger partial charge in [-0.1, -0.05) is 0 Å². The van der Waals surface area contributed by atoms with Gasteiger partial charge in [0.25, 0.3) is 5.91 Å². The molecule has 7 heteroatoms. The number of nitrogen functional groups attached to an aromatic ring is 1. The number of hydrogen-bond donors (Lipinski definition) is 1. The van der Waals surface area contributed by atoms with Gasteiger partial charge in [0, 0.05) is 38.5 Å². The molecule has 0 aliphatic heterocycles. The van der Waals surface area contributed by atoms with Crippen LogP contribution in [0.3, 0.4) is 0 Å². The Balaban J connectivity index is 2.20. The molecule has 0 aliphatic rings. The summed E-state index contributed by atoms with van der Waals surface area (Å²) < 4.78 is 28.3. The number of benzene rings is 1. The minimum absolute atomic E-state index is 0.254. The molecular weight excluding hydrogens is 266 g/mol. The number of anilines is 1.